The van der Waals surface area contributed by atoms with Crippen LogP contribution in [0.5, 0.6) is 0 Å². The van der Waals surface area contributed by atoms with Crippen LogP contribution in [0, 0.1) is 4.77 Å². The molecule has 2 fully saturated rings. The van der Waals surface area contributed by atoms with Gasteiger partial charge >= 0.3 is 0 Å². The molecule has 1 N–H and O–H groups in total. The molecule has 0 radical (unpaired) electrons. The minimum Gasteiger partial charge on any atom is -0.312 e. The second kappa shape index (κ2) is 5.28. The maximum Gasteiger partial charge on any atom is 0.203 e. The molecule has 1 aliphatic heterocycles. The number of nitrogens with one attached hydrogen (secondary N) is 1. The Hall–Kier alpha value is -1.46. The Labute approximate surface area is 141 Å². The van der Waals surface area contributed by atoms with Crippen molar-refractivity contribution < 1.29 is 4.90 Å². The van der Waals surface area contributed by atoms with Gasteiger partial charge in [-0.3, -0.25) is 0 Å². The van der Waals surface area contributed by atoms with E-state index in [9.17, 15) is 0 Å². The van der Waals surface area contributed by atoms with Crippen molar-refractivity contribution in [3.05, 3.63) is 46.0 Å². The molecule has 2 saturated carbocycles. The topological polar surface area (TPSA) is 27.2 Å². The highest BCUT2D eigenvalue weighted by Gasteiger charge is 2.36. The van der Waals surface area contributed by atoms with Crippen LogP contribution in [-0.2, 0) is 19.6 Å². The fourth-order valence-electron chi connectivity index (χ4n) is 3.83. The zero-order valence-electron chi connectivity index (χ0n) is 13.4. The average Bonchev–Trinajstić information content (AvgIpc) is 3.47. The quantitative estimate of drug-likeness (QED) is 0.872. The Bertz CT molecular complexity index is 798. The zero-order chi connectivity index (χ0) is 15.4. The predicted molar refractivity (Wildman–Crippen MR) is 91.0 cm³/mol. The van der Waals surface area contributed by atoms with Gasteiger partial charge in [0.25, 0.3) is 0 Å². The monoisotopic (exact) mass is 327 g/mol. The number of nitrogens with zero attached hydrogens (tertiary/aromatic N) is 3. The van der Waals surface area contributed by atoms with Gasteiger partial charge in [-0.1, -0.05) is 24.3 Å². The third-order valence-corrected chi connectivity index (χ3v) is 5.84. The summed E-state index contributed by atoms with van der Waals surface area (Å²) in [6.07, 6.45) is 6.32. The van der Waals surface area contributed by atoms with Crippen molar-refractivity contribution in [2.45, 2.75) is 57.3 Å². The molecule has 0 spiro atoms. The van der Waals surface area contributed by atoms with Crippen molar-refractivity contribution in [3.63, 3.8) is 0 Å². The number of fused-ring (bicyclic) bond motifs is 1. The molecule has 2 aliphatic carbocycles. The van der Waals surface area contributed by atoms with E-state index in [1.165, 1.54) is 49.2 Å². The van der Waals surface area contributed by atoms with Crippen molar-refractivity contribution in [2.24, 2.45) is 0 Å². The molecular weight excluding hydrogens is 304 g/mol. The highest BCUT2D eigenvalue weighted by Crippen LogP contribution is 2.44. The van der Waals surface area contributed by atoms with Gasteiger partial charge in [-0.15, -0.1) is 0 Å². The lowest BCUT2D eigenvalue weighted by Gasteiger charge is -2.25. The number of aromatic nitrogens is 3. The number of hydrogen-bond acceptors (Lipinski definition) is 2. The van der Waals surface area contributed by atoms with E-state index in [1.807, 2.05) is 0 Å². The summed E-state index contributed by atoms with van der Waals surface area (Å²) >= 11 is 5.77. The lowest BCUT2D eigenvalue weighted by atomic mass is 10.0. The van der Waals surface area contributed by atoms with Gasteiger partial charge in [-0.2, -0.15) is 9.78 Å². The van der Waals surface area contributed by atoms with E-state index >= 15 is 0 Å². The fraction of sp³-hybridized carbons (Fsp3) is 0.556. The molecule has 1 atom stereocenters. The Morgan fingerprint density at radius 3 is 2.65 bits per heavy atom. The first kappa shape index (κ1) is 13.9. The maximum absolute atomic E-state index is 5.77. The fourth-order valence-corrected chi connectivity index (χ4v) is 4.17. The third kappa shape index (κ3) is 2.56. The van der Waals surface area contributed by atoms with Gasteiger partial charge in [-0.05, 0) is 43.5 Å². The van der Waals surface area contributed by atoms with Gasteiger partial charge in [0.1, 0.15) is 12.4 Å². The normalized spacial score (nSPS) is 23.7. The van der Waals surface area contributed by atoms with Crippen molar-refractivity contribution in [1.82, 2.24) is 14.3 Å². The molecule has 0 saturated heterocycles. The Morgan fingerprint density at radius 2 is 1.91 bits per heavy atom. The van der Waals surface area contributed by atoms with Crippen LogP contribution in [0.3, 0.4) is 0 Å². The van der Waals surface area contributed by atoms with E-state index in [2.05, 4.69) is 33.5 Å². The summed E-state index contributed by atoms with van der Waals surface area (Å²) in [6.45, 7) is 3.17. The summed E-state index contributed by atoms with van der Waals surface area (Å²) in [5, 5.41) is 4.94. The molecule has 3 aliphatic rings. The summed E-state index contributed by atoms with van der Waals surface area (Å²) in [5.74, 6) is 1.95. The number of rotatable bonds is 4. The molecule has 0 amide bonds. The van der Waals surface area contributed by atoms with E-state index in [4.69, 9.17) is 17.3 Å². The van der Waals surface area contributed by atoms with Gasteiger partial charge in [0.05, 0.1) is 6.54 Å². The van der Waals surface area contributed by atoms with Crippen LogP contribution in [0.1, 0.15) is 54.6 Å². The SMILES string of the molecule is S=c1n(C[NH+]2CCc3ccccc3C2)nc(C2CC2)n1C1CC1. The summed E-state index contributed by atoms with van der Waals surface area (Å²) in [5.41, 5.74) is 3.01. The molecule has 2 heterocycles. The largest absolute Gasteiger partial charge is 0.312 e. The average molecular weight is 327 g/mol. The first-order chi connectivity index (χ1) is 11.3. The van der Waals surface area contributed by atoms with Gasteiger partial charge in [0.2, 0.25) is 4.77 Å². The van der Waals surface area contributed by atoms with E-state index in [0.29, 0.717) is 12.0 Å². The number of hydrogen-bond donors (Lipinski definition) is 1. The van der Waals surface area contributed by atoms with Crippen molar-refractivity contribution in [1.29, 1.82) is 0 Å². The van der Waals surface area contributed by atoms with Crippen LogP contribution < -0.4 is 4.90 Å². The predicted octanol–water partition coefficient (Wildman–Crippen LogP) is 2.23. The van der Waals surface area contributed by atoms with Crippen LogP contribution in [0.25, 0.3) is 0 Å². The van der Waals surface area contributed by atoms with E-state index in [1.54, 1.807) is 4.90 Å². The van der Waals surface area contributed by atoms with E-state index in [-0.39, 0.29) is 0 Å². The van der Waals surface area contributed by atoms with Gasteiger partial charge in [0, 0.05) is 23.9 Å². The molecular formula is C18H23N4S+. The standard InChI is InChI=1S/C18H22N4S/c23-18-21(19-17(14-5-6-14)22(18)16-7-8-16)12-20-10-9-13-3-1-2-4-15(13)11-20/h1-4,14,16H,5-12H2/p+1. The molecule has 0 bridgehead atoms. The van der Waals surface area contributed by atoms with Gasteiger partial charge in [-0.25, -0.2) is 0 Å². The van der Waals surface area contributed by atoms with Crippen LogP contribution in [0.2, 0.25) is 0 Å². The Kier molecular flexibility index (Phi) is 3.20. The maximum atomic E-state index is 5.77. The Morgan fingerprint density at radius 1 is 1.13 bits per heavy atom. The summed E-state index contributed by atoms with van der Waals surface area (Å²) in [6, 6.07) is 9.49. The minimum absolute atomic E-state index is 0.643. The lowest BCUT2D eigenvalue weighted by molar-refractivity contribution is -0.939. The molecule has 5 heteroatoms. The second-order valence-corrected chi connectivity index (χ2v) is 7.73. The van der Waals surface area contributed by atoms with E-state index in [0.717, 1.165) is 24.4 Å². The highest BCUT2D eigenvalue weighted by molar-refractivity contribution is 7.71. The molecule has 1 aromatic heterocycles. The van der Waals surface area contributed by atoms with Gasteiger partial charge < -0.3 is 9.47 Å². The smallest absolute Gasteiger partial charge is 0.203 e. The molecule has 1 aromatic carbocycles. The number of quaternary nitrogens is 1. The first-order valence-corrected chi connectivity index (χ1v) is 9.30. The summed E-state index contributed by atoms with van der Waals surface area (Å²) < 4.78 is 5.45. The van der Waals surface area contributed by atoms with Gasteiger partial charge in [0.15, 0.2) is 6.67 Å². The molecule has 120 valence electrons. The van der Waals surface area contributed by atoms with Crippen LogP contribution >= 0.6 is 12.2 Å². The Balaban J connectivity index is 1.41. The molecule has 2 aromatic rings. The zero-order valence-corrected chi connectivity index (χ0v) is 14.2. The molecule has 23 heavy (non-hydrogen) atoms. The second-order valence-electron chi connectivity index (χ2n) is 7.37. The highest BCUT2D eigenvalue weighted by atomic mass is 32.1. The minimum atomic E-state index is 0.643. The molecule has 5 rings (SSSR count). The van der Waals surface area contributed by atoms with Crippen LogP contribution in [0.15, 0.2) is 24.3 Å². The first-order valence-electron chi connectivity index (χ1n) is 8.89. The summed E-state index contributed by atoms with van der Waals surface area (Å²) in [4.78, 5) is 1.57. The molecule has 4 nitrogen and oxygen atoms in total. The van der Waals surface area contributed by atoms with Crippen molar-refractivity contribution >= 4 is 12.2 Å². The van der Waals surface area contributed by atoms with Crippen molar-refractivity contribution in [3.8, 4) is 0 Å². The third-order valence-electron chi connectivity index (χ3n) is 5.43. The van der Waals surface area contributed by atoms with Crippen LogP contribution in [-0.4, -0.2) is 20.9 Å². The van der Waals surface area contributed by atoms with Crippen LogP contribution in [0.4, 0.5) is 0 Å². The lowest BCUT2D eigenvalue weighted by Crippen LogP contribution is -3.11. The molecule has 1 unspecified atom stereocenters. The summed E-state index contributed by atoms with van der Waals surface area (Å²) in [7, 11) is 0. The van der Waals surface area contributed by atoms with E-state index < -0.39 is 0 Å². The number of benzene rings is 1. The van der Waals surface area contributed by atoms with Crippen molar-refractivity contribution in [2.75, 3.05) is 6.54 Å².